The zero-order valence-electron chi connectivity index (χ0n) is 21.5. The molecule has 1 aromatic carbocycles. The SMILES string of the molecule is COc1ccc(-c2cc(Cn3cnc4c(N)ncnc43)c(N3CCC[C@](N)(C(O)C(F)F)C3)cn2)c(C(F)F)c1. The second kappa shape index (κ2) is 10.8. The van der Waals surface area contributed by atoms with Gasteiger partial charge in [0.25, 0.3) is 12.9 Å². The lowest BCUT2D eigenvalue weighted by Gasteiger charge is -2.44. The number of nitrogens with zero attached hydrogens (tertiary/aromatic N) is 6. The number of piperidine rings is 1. The summed E-state index contributed by atoms with van der Waals surface area (Å²) in [6.45, 7) is 0.578. The number of rotatable bonds is 8. The molecule has 40 heavy (non-hydrogen) atoms. The van der Waals surface area contributed by atoms with Crippen LogP contribution in [0.5, 0.6) is 5.75 Å². The highest BCUT2D eigenvalue weighted by Gasteiger charge is 2.43. The molecule has 2 atom stereocenters. The molecule has 4 aromatic rings. The number of anilines is 2. The molecule has 0 amide bonds. The summed E-state index contributed by atoms with van der Waals surface area (Å²) < 4.78 is 61.7. The second-order valence-electron chi connectivity index (χ2n) is 9.79. The van der Waals surface area contributed by atoms with Gasteiger partial charge < -0.3 is 30.8 Å². The fourth-order valence-electron chi connectivity index (χ4n) is 5.14. The van der Waals surface area contributed by atoms with Gasteiger partial charge in [0, 0.05) is 24.2 Å². The summed E-state index contributed by atoms with van der Waals surface area (Å²) in [7, 11) is 1.39. The van der Waals surface area contributed by atoms with Crippen LogP contribution in [-0.4, -0.2) is 67.9 Å². The van der Waals surface area contributed by atoms with Crippen LogP contribution in [0.3, 0.4) is 0 Å². The van der Waals surface area contributed by atoms with Crippen LogP contribution >= 0.6 is 0 Å². The number of methoxy groups -OCH3 is 1. The van der Waals surface area contributed by atoms with Crippen molar-refractivity contribution in [1.82, 2.24) is 24.5 Å². The summed E-state index contributed by atoms with van der Waals surface area (Å²) in [5, 5.41) is 10.2. The molecule has 1 fully saturated rings. The molecule has 10 nitrogen and oxygen atoms in total. The van der Waals surface area contributed by atoms with E-state index in [-0.39, 0.29) is 47.9 Å². The van der Waals surface area contributed by atoms with E-state index < -0.39 is 24.5 Å². The second-order valence-corrected chi connectivity index (χ2v) is 9.79. The van der Waals surface area contributed by atoms with Crippen molar-refractivity contribution in [2.24, 2.45) is 5.73 Å². The molecule has 0 bridgehead atoms. The molecule has 1 unspecified atom stereocenters. The Morgan fingerprint density at radius 1 is 1.12 bits per heavy atom. The summed E-state index contributed by atoms with van der Waals surface area (Å²) in [5.74, 6) is 0.479. The normalized spacial score (nSPS) is 18.6. The minimum atomic E-state index is -3.00. The Kier molecular flexibility index (Phi) is 7.47. The van der Waals surface area contributed by atoms with Crippen LogP contribution < -0.4 is 21.1 Å². The third-order valence-electron chi connectivity index (χ3n) is 7.23. The van der Waals surface area contributed by atoms with Gasteiger partial charge >= 0.3 is 0 Å². The van der Waals surface area contributed by atoms with Gasteiger partial charge in [-0.2, -0.15) is 0 Å². The fraction of sp³-hybridized carbons (Fsp3) is 0.385. The highest BCUT2D eigenvalue weighted by molar-refractivity contribution is 5.81. The van der Waals surface area contributed by atoms with Gasteiger partial charge in [-0.3, -0.25) is 4.98 Å². The van der Waals surface area contributed by atoms with Crippen LogP contribution in [0.2, 0.25) is 0 Å². The number of aliphatic hydroxyl groups is 1. The molecule has 212 valence electrons. The predicted molar refractivity (Wildman–Crippen MR) is 140 cm³/mol. The van der Waals surface area contributed by atoms with Crippen LogP contribution in [0.25, 0.3) is 22.4 Å². The molecule has 3 aromatic heterocycles. The standard InChI is InChI=1S/C26H28F4N8O2/c1-40-15-3-4-16(17(8-15)22(27)28)18-7-14(10-38-13-36-20-24(31)34-12-35-25(20)38)19(9-33-18)37-6-2-5-26(32,11-37)21(39)23(29)30/h3-4,7-9,12-13,21-23,39H,2,5-6,10-11,32H2,1H3,(H2,31,34,35)/t21?,26-/m1/s1. The Bertz CT molecular complexity index is 1520. The van der Waals surface area contributed by atoms with Gasteiger partial charge in [0.2, 0.25) is 0 Å². The van der Waals surface area contributed by atoms with Gasteiger partial charge in [0.05, 0.1) is 43.1 Å². The molecule has 5 N–H and O–H groups in total. The fourth-order valence-corrected chi connectivity index (χ4v) is 5.14. The molecular formula is C26H28F4N8O2. The first-order valence-corrected chi connectivity index (χ1v) is 12.5. The maximum Gasteiger partial charge on any atom is 0.265 e. The van der Waals surface area contributed by atoms with Gasteiger partial charge in [-0.05, 0) is 42.7 Å². The van der Waals surface area contributed by atoms with Gasteiger partial charge in [0.1, 0.15) is 23.7 Å². The van der Waals surface area contributed by atoms with Crippen molar-refractivity contribution in [3.63, 3.8) is 0 Å². The van der Waals surface area contributed by atoms with Crippen molar-refractivity contribution in [3.05, 3.63) is 54.2 Å². The average Bonchev–Trinajstić information content (AvgIpc) is 3.36. The lowest BCUT2D eigenvalue weighted by molar-refractivity contribution is -0.0529. The largest absolute Gasteiger partial charge is 0.497 e. The minimum Gasteiger partial charge on any atom is -0.497 e. The van der Waals surface area contributed by atoms with E-state index in [9.17, 15) is 22.7 Å². The van der Waals surface area contributed by atoms with E-state index in [2.05, 4.69) is 19.9 Å². The number of aliphatic hydroxyl groups excluding tert-OH is 1. The number of alkyl halides is 4. The molecule has 1 aliphatic heterocycles. The molecule has 1 aliphatic rings. The van der Waals surface area contributed by atoms with E-state index in [1.54, 1.807) is 21.6 Å². The summed E-state index contributed by atoms with van der Waals surface area (Å²) in [5.41, 5.74) is 12.9. The number of imidazole rings is 1. The molecule has 0 aliphatic carbocycles. The van der Waals surface area contributed by atoms with Crippen LogP contribution in [0, 0.1) is 0 Å². The number of hydrogen-bond donors (Lipinski definition) is 3. The van der Waals surface area contributed by atoms with Crippen LogP contribution in [0.15, 0.2) is 43.1 Å². The molecule has 4 heterocycles. The molecule has 0 radical (unpaired) electrons. The summed E-state index contributed by atoms with van der Waals surface area (Å²) in [6, 6.07) is 6.00. The van der Waals surface area contributed by atoms with Crippen LogP contribution in [-0.2, 0) is 6.54 Å². The van der Waals surface area contributed by atoms with Crippen molar-refractivity contribution in [2.45, 2.75) is 43.9 Å². The maximum absolute atomic E-state index is 14.0. The van der Waals surface area contributed by atoms with E-state index in [0.717, 1.165) is 0 Å². The summed E-state index contributed by atoms with van der Waals surface area (Å²) >= 11 is 0. The van der Waals surface area contributed by atoms with Crippen molar-refractivity contribution in [2.75, 3.05) is 30.8 Å². The highest BCUT2D eigenvalue weighted by atomic mass is 19.3. The number of pyridine rings is 1. The first kappa shape index (κ1) is 27.5. The molecule has 0 spiro atoms. The van der Waals surface area contributed by atoms with E-state index in [0.29, 0.717) is 35.4 Å². The van der Waals surface area contributed by atoms with Crippen LogP contribution in [0.4, 0.5) is 29.1 Å². The first-order chi connectivity index (χ1) is 19.1. The number of halogens is 4. The Morgan fingerprint density at radius 2 is 1.93 bits per heavy atom. The number of benzene rings is 1. The zero-order valence-corrected chi connectivity index (χ0v) is 21.5. The summed E-state index contributed by atoms with van der Waals surface area (Å²) in [6.07, 6.45) is -2.81. The Morgan fingerprint density at radius 3 is 2.65 bits per heavy atom. The third-order valence-corrected chi connectivity index (χ3v) is 7.23. The minimum absolute atomic E-state index is 0.0584. The molecular weight excluding hydrogens is 532 g/mol. The monoisotopic (exact) mass is 560 g/mol. The van der Waals surface area contributed by atoms with Gasteiger partial charge in [-0.1, -0.05) is 0 Å². The van der Waals surface area contributed by atoms with E-state index in [1.807, 2.05) is 0 Å². The average molecular weight is 561 g/mol. The maximum atomic E-state index is 14.0. The Labute approximate surface area is 226 Å². The predicted octanol–water partition coefficient (Wildman–Crippen LogP) is 3.39. The molecule has 5 rings (SSSR count). The number of hydrogen-bond acceptors (Lipinski definition) is 9. The van der Waals surface area contributed by atoms with Crippen molar-refractivity contribution in [3.8, 4) is 17.0 Å². The number of nitrogen functional groups attached to an aromatic ring is 1. The zero-order chi connectivity index (χ0) is 28.6. The van der Waals surface area contributed by atoms with Crippen molar-refractivity contribution < 1.29 is 27.4 Å². The van der Waals surface area contributed by atoms with Crippen molar-refractivity contribution >= 4 is 22.7 Å². The van der Waals surface area contributed by atoms with Gasteiger partial charge in [-0.15, -0.1) is 0 Å². The van der Waals surface area contributed by atoms with Crippen LogP contribution in [0.1, 0.15) is 30.4 Å². The van der Waals surface area contributed by atoms with Crippen molar-refractivity contribution in [1.29, 1.82) is 0 Å². The Balaban J connectivity index is 1.61. The van der Waals surface area contributed by atoms with E-state index in [1.165, 1.54) is 38.1 Å². The molecule has 0 saturated carbocycles. The lowest BCUT2D eigenvalue weighted by atomic mass is 9.84. The number of fused-ring (bicyclic) bond motifs is 1. The Hall–Kier alpha value is -4.04. The first-order valence-electron chi connectivity index (χ1n) is 12.5. The smallest absolute Gasteiger partial charge is 0.265 e. The van der Waals surface area contributed by atoms with E-state index >= 15 is 0 Å². The topological polar surface area (TPSA) is 141 Å². The highest BCUT2D eigenvalue weighted by Crippen LogP contribution is 2.37. The molecule has 14 heteroatoms. The lowest BCUT2D eigenvalue weighted by Crippen LogP contribution is -2.63. The van der Waals surface area contributed by atoms with Gasteiger partial charge in [0.15, 0.2) is 11.5 Å². The van der Waals surface area contributed by atoms with E-state index in [4.69, 9.17) is 16.2 Å². The number of nitrogens with two attached hydrogens (primary N) is 2. The molecule has 1 saturated heterocycles. The summed E-state index contributed by atoms with van der Waals surface area (Å²) in [4.78, 5) is 18.8. The van der Waals surface area contributed by atoms with Gasteiger partial charge in [-0.25, -0.2) is 32.5 Å². The number of aromatic nitrogens is 5. The third kappa shape index (κ3) is 5.11. The number of ether oxygens (including phenoxy) is 1. The quantitative estimate of drug-likeness (QED) is 0.277.